The predicted molar refractivity (Wildman–Crippen MR) is 94.2 cm³/mol. The normalized spacial score (nSPS) is 12.7. The van der Waals surface area contributed by atoms with Crippen LogP contribution in [0.2, 0.25) is 0 Å². The largest absolute Gasteiger partial charge is 0.294 e. The first kappa shape index (κ1) is 18.1. The van der Waals surface area contributed by atoms with Crippen molar-refractivity contribution in [3.63, 3.8) is 0 Å². The van der Waals surface area contributed by atoms with Gasteiger partial charge in [0.2, 0.25) is 0 Å². The summed E-state index contributed by atoms with van der Waals surface area (Å²) in [4.78, 5) is -0.473. The van der Waals surface area contributed by atoms with Gasteiger partial charge >= 0.3 is 0 Å². The van der Waals surface area contributed by atoms with Crippen molar-refractivity contribution >= 4 is 42.4 Å². The van der Waals surface area contributed by atoms with Gasteiger partial charge < -0.3 is 0 Å². The van der Waals surface area contributed by atoms with Crippen LogP contribution in [0.25, 0.3) is 10.8 Å². The standard InChI is InChI=1S/C16H12N2O6S2/c19-25(20,21)13-6-4-12(5-7-13)17-18-16-3-1-2-11-10-14(26(22,23)24)8-9-15(11)16/h1-10H,(H,19,20,21)(H,22,23,24). The minimum atomic E-state index is -4.30. The average Bonchev–Trinajstić information content (AvgIpc) is 2.58. The fourth-order valence-corrected chi connectivity index (χ4v) is 3.28. The molecule has 3 aromatic carbocycles. The third kappa shape index (κ3) is 3.94. The Morgan fingerprint density at radius 3 is 1.92 bits per heavy atom. The van der Waals surface area contributed by atoms with Crippen LogP contribution in [0.1, 0.15) is 0 Å². The van der Waals surface area contributed by atoms with Gasteiger partial charge in [-0.1, -0.05) is 18.2 Å². The molecule has 0 aliphatic heterocycles. The van der Waals surface area contributed by atoms with Gasteiger partial charge in [-0.25, -0.2) is 0 Å². The maximum absolute atomic E-state index is 11.2. The molecule has 3 aromatic rings. The summed E-state index contributed by atoms with van der Waals surface area (Å²) in [6.45, 7) is 0. The summed E-state index contributed by atoms with van der Waals surface area (Å²) in [6, 6.07) is 14.3. The summed E-state index contributed by atoms with van der Waals surface area (Å²) in [5.74, 6) is 0. The zero-order chi connectivity index (χ0) is 18.9. The van der Waals surface area contributed by atoms with E-state index in [1.165, 1.54) is 42.5 Å². The molecule has 0 aliphatic rings. The van der Waals surface area contributed by atoms with Crippen LogP contribution in [0.4, 0.5) is 11.4 Å². The van der Waals surface area contributed by atoms with E-state index in [9.17, 15) is 16.8 Å². The molecule has 3 rings (SSSR count). The highest BCUT2D eigenvalue weighted by molar-refractivity contribution is 7.86. The molecule has 0 heterocycles. The van der Waals surface area contributed by atoms with Gasteiger partial charge in [0.1, 0.15) is 0 Å². The number of nitrogens with zero attached hydrogens (tertiary/aromatic N) is 2. The third-order valence-corrected chi connectivity index (χ3v) is 5.25. The molecule has 0 aliphatic carbocycles. The molecule has 26 heavy (non-hydrogen) atoms. The Kier molecular flexibility index (Phi) is 4.59. The van der Waals surface area contributed by atoms with E-state index in [-0.39, 0.29) is 9.79 Å². The maximum Gasteiger partial charge on any atom is 0.294 e. The zero-order valence-corrected chi connectivity index (χ0v) is 14.6. The van der Waals surface area contributed by atoms with Crippen LogP contribution in [0.5, 0.6) is 0 Å². The Morgan fingerprint density at radius 2 is 1.31 bits per heavy atom. The van der Waals surface area contributed by atoms with E-state index in [1.54, 1.807) is 18.2 Å². The van der Waals surface area contributed by atoms with Crippen molar-refractivity contribution < 1.29 is 25.9 Å². The minimum Gasteiger partial charge on any atom is -0.282 e. The van der Waals surface area contributed by atoms with Gasteiger partial charge in [0, 0.05) is 5.39 Å². The van der Waals surface area contributed by atoms with E-state index in [0.717, 1.165) is 0 Å². The third-order valence-electron chi connectivity index (χ3n) is 3.53. The van der Waals surface area contributed by atoms with E-state index in [2.05, 4.69) is 10.2 Å². The summed E-state index contributed by atoms with van der Waals surface area (Å²) < 4.78 is 62.5. The number of fused-ring (bicyclic) bond motifs is 1. The van der Waals surface area contributed by atoms with Crippen LogP contribution in [0.3, 0.4) is 0 Å². The first-order chi connectivity index (χ1) is 12.1. The molecule has 134 valence electrons. The molecule has 8 nitrogen and oxygen atoms in total. The van der Waals surface area contributed by atoms with Gasteiger partial charge in [-0.2, -0.15) is 21.9 Å². The molecule has 0 spiro atoms. The van der Waals surface area contributed by atoms with Crippen molar-refractivity contribution in [3.8, 4) is 0 Å². The minimum absolute atomic E-state index is 0.222. The van der Waals surface area contributed by atoms with E-state index < -0.39 is 20.2 Å². The summed E-state index contributed by atoms with van der Waals surface area (Å²) >= 11 is 0. The molecule has 10 heteroatoms. The monoisotopic (exact) mass is 392 g/mol. The lowest BCUT2D eigenvalue weighted by atomic mass is 10.1. The van der Waals surface area contributed by atoms with Crippen LogP contribution < -0.4 is 0 Å². The second kappa shape index (κ2) is 6.57. The predicted octanol–water partition coefficient (Wildman–Crippen LogP) is 3.75. The van der Waals surface area contributed by atoms with Gasteiger partial charge in [0.15, 0.2) is 0 Å². The van der Waals surface area contributed by atoms with Crippen molar-refractivity contribution in [1.29, 1.82) is 0 Å². The Morgan fingerprint density at radius 1 is 0.692 bits per heavy atom. The molecule has 0 atom stereocenters. The van der Waals surface area contributed by atoms with E-state index in [0.29, 0.717) is 22.1 Å². The SMILES string of the molecule is O=S(=O)(O)c1ccc(N=Nc2cccc3cc(S(=O)(=O)O)ccc23)cc1. The number of azo groups is 1. The highest BCUT2D eigenvalue weighted by Gasteiger charge is 2.11. The second-order valence-corrected chi connectivity index (χ2v) is 8.15. The highest BCUT2D eigenvalue weighted by Crippen LogP contribution is 2.29. The van der Waals surface area contributed by atoms with E-state index >= 15 is 0 Å². The average molecular weight is 392 g/mol. The second-order valence-electron chi connectivity index (χ2n) is 5.30. The highest BCUT2D eigenvalue weighted by atomic mass is 32.2. The maximum atomic E-state index is 11.2. The molecule has 0 saturated carbocycles. The fourth-order valence-electron chi connectivity index (χ4n) is 2.29. The van der Waals surface area contributed by atoms with Crippen molar-refractivity contribution in [1.82, 2.24) is 0 Å². The van der Waals surface area contributed by atoms with Crippen LogP contribution in [0.15, 0.2) is 80.7 Å². The summed E-state index contributed by atoms with van der Waals surface area (Å²) in [5, 5.41) is 9.27. The van der Waals surface area contributed by atoms with Crippen molar-refractivity contribution in [2.45, 2.75) is 9.79 Å². The molecule has 0 amide bonds. The topological polar surface area (TPSA) is 133 Å². The molecule has 0 aromatic heterocycles. The van der Waals surface area contributed by atoms with Crippen LogP contribution in [0, 0.1) is 0 Å². The first-order valence-corrected chi connectivity index (χ1v) is 10.0. The van der Waals surface area contributed by atoms with Crippen molar-refractivity contribution in [2.24, 2.45) is 10.2 Å². The molecule has 0 saturated heterocycles. The lowest BCUT2D eigenvalue weighted by molar-refractivity contribution is 0.481. The summed E-state index contributed by atoms with van der Waals surface area (Å²) in [7, 11) is -8.58. The van der Waals surface area contributed by atoms with Crippen molar-refractivity contribution in [2.75, 3.05) is 0 Å². The molecule has 0 unspecified atom stereocenters. The molecule has 0 fully saturated rings. The van der Waals surface area contributed by atoms with E-state index in [4.69, 9.17) is 9.11 Å². The number of hydrogen-bond donors (Lipinski definition) is 2. The number of rotatable bonds is 4. The van der Waals surface area contributed by atoms with Gasteiger partial charge in [0.05, 0.1) is 21.2 Å². The quantitative estimate of drug-likeness (QED) is 0.513. The van der Waals surface area contributed by atoms with Gasteiger partial charge in [-0.15, -0.1) is 5.11 Å². The lowest BCUT2D eigenvalue weighted by Gasteiger charge is -2.03. The number of hydrogen-bond acceptors (Lipinski definition) is 6. The Hall–Kier alpha value is -2.66. The molecular weight excluding hydrogens is 380 g/mol. The Balaban J connectivity index is 1.97. The van der Waals surface area contributed by atoms with Crippen LogP contribution in [-0.2, 0) is 20.2 Å². The Bertz CT molecular complexity index is 1220. The molecule has 0 radical (unpaired) electrons. The van der Waals surface area contributed by atoms with Gasteiger partial charge in [-0.3, -0.25) is 9.11 Å². The fraction of sp³-hybridized carbons (Fsp3) is 0. The molecule has 0 bridgehead atoms. The van der Waals surface area contributed by atoms with Gasteiger partial charge in [0.25, 0.3) is 20.2 Å². The lowest BCUT2D eigenvalue weighted by Crippen LogP contribution is -1.97. The molecular formula is C16H12N2O6S2. The van der Waals surface area contributed by atoms with Crippen LogP contribution in [-0.4, -0.2) is 25.9 Å². The van der Waals surface area contributed by atoms with E-state index in [1.807, 2.05) is 0 Å². The Labute approximate surface area is 149 Å². The van der Waals surface area contributed by atoms with Gasteiger partial charge in [-0.05, 0) is 47.9 Å². The summed E-state index contributed by atoms with van der Waals surface area (Å²) in [5.41, 5.74) is 0.826. The smallest absolute Gasteiger partial charge is 0.282 e. The van der Waals surface area contributed by atoms with Crippen molar-refractivity contribution in [3.05, 3.63) is 60.7 Å². The zero-order valence-electron chi connectivity index (χ0n) is 13.0. The van der Waals surface area contributed by atoms with Crippen LogP contribution >= 0.6 is 0 Å². The number of benzene rings is 3. The molecule has 2 N–H and O–H groups in total. The summed E-state index contributed by atoms with van der Waals surface area (Å²) in [6.07, 6.45) is 0. The first-order valence-electron chi connectivity index (χ1n) is 7.14.